The first-order valence-corrected chi connectivity index (χ1v) is 8.13. The summed E-state index contributed by atoms with van der Waals surface area (Å²) in [5.74, 6) is -0.188. The van der Waals surface area contributed by atoms with Crippen molar-refractivity contribution < 1.29 is 13.2 Å². The molecule has 0 bridgehead atoms. The Morgan fingerprint density at radius 3 is 2.71 bits per heavy atom. The van der Waals surface area contributed by atoms with Crippen LogP contribution in [0, 0.1) is 5.92 Å². The highest BCUT2D eigenvalue weighted by atomic mass is 32.2. The third kappa shape index (κ3) is 4.76. The van der Waals surface area contributed by atoms with Crippen LogP contribution >= 0.6 is 11.8 Å². The van der Waals surface area contributed by atoms with Crippen molar-refractivity contribution >= 4 is 17.6 Å². The number of alkyl halides is 3. The molecule has 1 saturated carbocycles. The number of anilines is 1. The molecule has 0 aliphatic heterocycles. The molecule has 118 valence electrons. The predicted octanol–water partition coefficient (Wildman–Crippen LogP) is 4.60. The number of hydrogen-bond acceptors (Lipinski definition) is 4. The van der Waals surface area contributed by atoms with Crippen LogP contribution in [-0.4, -0.2) is 21.8 Å². The van der Waals surface area contributed by atoms with Crippen molar-refractivity contribution in [3.63, 3.8) is 0 Å². The van der Waals surface area contributed by atoms with Gasteiger partial charge in [-0.1, -0.05) is 19.8 Å². The predicted molar refractivity (Wildman–Crippen MR) is 78.5 cm³/mol. The molecule has 1 fully saturated rings. The van der Waals surface area contributed by atoms with Crippen LogP contribution in [0.1, 0.15) is 45.4 Å². The zero-order valence-electron chi connectivity index (χ0n) is 12.2. The lowest BCUT2D eigenvalue weighted by atomic mass is 9.91. The SMILES string of the molecule is CCNc1cc(SC2CCCC(C)C2)nc(C(F)(F)F)n1. The summed E-state index contributed by atoms with van der Waals surface area (Å²) in [6, 6.07) is 1.61. The minimum absolute atomic E-state index is 0.242. The van der Waals surface area contributed by atoms with Crippen LogP contribution in [0.2, 0.25) is 0 Å². The molecule has 7 heteroatoms. The number of nitrogens with zero attached hydrogens (tertiary/aromatic N) is 2. The van der Waals surface area contributed by atoms with Crippen LogP contribution < -0.4 is 5.32 Å². The molecule has 3 nitrogen and oxygen atoms in total. The van der Waals surface area contributed by atoms with Crippen molar-refractivity contribution in [1.29, 1.82) is 0 Å². The van der Waals surface area contributed by atoms with Crippen LogP contribution in [0.5, 0.6) is 0 Å². The zero-order chi connectivity index (χ0) is 15.5. The van der Waals surface area contributed by atoms with E-state index in [-0.39, 0.29) is 5.82 Å². The van der Waals surface area contributed by atoms with Crippen molar-refractivity contribution in [2.45, 2.75) is 56.0 Å². The second-order valence-corrected chi connectivity index (χ2v) is 6.78. The molecule has 0 aromatic carbocycles. The minimum Gasteiger partial charge on any atom is -0.370 e. The smallest absolute Gasteiger partial charge is 0.370 e. The molecule has 1 aromatic heterocycles. The van der Waals surface area contributed by atoms with E-state index in [4.69, 9.17) is 0 Å². The van der Waals surface area contributed by atoms with Gasteiger partial charge in [0.15, 0.2) is 0 Å². The van der Waals surface area contributed by atoms with Crippen molar-refractivity contribution in [1.82, 2.24) is 9.97 Å². The van der Waals surface area contributed by atoms with Crippen LogP contribution in [-0.2, 0) is 6.18 Å². The molecular formula is C14H20F3N3S. The van der Waals surface area contributed by atoms with E-state index in [1.807, 2.05) is 6.92 Å². The van der Waals surface area contributed by atoms with Gasteiger partial charge in [-0.15, -0.1) is 11.8 Å². The van der Waals surface area contributed by atoms with E-state index in [1.54, 1.807) is 6.07 Å². The third-order valence-electron chi connectivity index (χ3n) is 3.49. The summed E-state index contributed by atoms with van der Waals surface area (Å²) >= 11 is 1.45. The molecule has 21 heavy (non-hydrogen) atoms. The standard InChI is InChI=1S/C14H20F3N3S/c1-3-18-11-8-12(20-13(19-11)14(15,16)17)21-10-6-4-5-9(2)7-10/h8-10H,3-7H2,1-2H3,(H,18,19,20). The molecule has 0 spiro atoms. The summed E-state index contributed by atoms with van der Waals surface area (Å²) in [5, 5.41) is 3.60. The van der Waals surface area contributed by atoms with Gasteiger partial charge in [-0.25, -0.2) is 9.97 Å². The monoisotopic (exact) mass is 319 g/mol. The van der Waals surface area contributed by atoms with Gasteiger partial charge in [0.05, 0.1) is 0 Å². The molecular weight excluding hydrogens is 299 g/mol. The molecule has 0 amide bonds. The highest BCUT2D eigenvalue weighted by Gasteiger charge is 2.35. The summed E-state index contributed by atoms with van der Waals surface area (Å²) in [5.41, 5.74) is 0. The summed E-state index contributed by atoms with van der Waals surface area (Å²) in [6.07, 6.45) is -0.0998. The highest BCUT2D eigenvalue weighted by Crippen LogP contribution is 2.37. The van der Waals surface area contributed by atoms with E-state index < -0.39 is 12.0 Å². The maximum atomic E-state index is 12.9. The lowest BCUT2D eigenvalue weighted by Crippen LogP contribution is -2.17. The summed E-state index contributed by atoms with van der Waals surface area (Å²) in [6.45, 7) is 4.54. The number of thioether (sulfide) groups is 1. The van der Waals surface area contributed by atoms with E-state index in [9.17, 15) is 13.2 Å². The second kappa shape index (κ2) is 6.85. The number of hydrogen-bond donors (Lipinski definition) is 1. The Morgan fingerprint density at radius 1 is 1.33 bits per heavy atom. The Kier molecular flexibility index (Phi) is 5.35. The van der Waals surface area contributed by atoms with Crippen LogP contribution in [0.25, 0.3) is 0 Å². The largest absolute Gasteiger partial charge is 0.451 e. The number of rotatable bonds is 4. The number of nitrogens with one attached hydrogen (secondary N) is 1. The summed E-state index contributed by atoms with van der Waals surface area (Å²) < 4.78 is 38.6. The lowest BCUT2D eigenvalue weighted by molar-refractivity contribution is -0.145. The molecule has 1 aromatic rings. The Balaban J connectivity index is 2.19. The molecule has 1 N–H and O–H groups in total. The number of aromatic nitrogens is 2. The molecule has 1 heterocycles. The normalized spacial score (nSPS) is 23.1. The van der Waals surface area contributed by atoms with E-state index in [2.05, 4.69) is 22.2 Å². The second-order valence-electron chi connectivity index (χ2n) is 5.45. The van der Waals surface area contributed by atoms with E-state index in [0.29, 0.717) is 22.7 Å². The maximum absolute atomic E-state index is 12.9. The Morgan fingerprint density at radius 2 is 2.10 bits per heavy atom. The van der Waals surface area contributed by atoms with Gasteiger partial charge in [0, 0.05) is 17.9 Å². The van der Waals surface area contributed by atoms with Gasteiger partial charge >= 0.3 is 6.18 Å². The molecule has 0 saturated heterocycles. The van der Waals surface area contributed by atoms with Gasteiger partial charge in [-0.05, 0) is 25.7 Å². The van der Waals surface area contributed by atoms with Crippen molar-refractivity contribution in [2.75, 3.05) is 11.9 Å². The molecule has 2 rings (SSSR count). The lowest BCUT2D eigenvalue weighted by Gasteiger charge is -2.26. The Hall–Kier alpha value is -0.980. The first-order valence-electron chi connectivity index (χ1n) is 7.25. The van der Waals surface area contributed by atoms with Gasteiger partial charge < -0.3 is 5.32 Å². The fourth-order valence-corrected chi connectivity index (χ4v) is 3.91. The molecule has 1 aliphatic rings. The minimum atomic E-state index is -4.51. The van der Waals surface area contributed by atoms with E-state index in [1.165, 1.54) is 18.2 Å². The van der Waals surface area contributed by atoms with Crippen LogP contribution in [0.15, 0.2) is 11.1 Å². The van der Waals surface area contributed by atoms with Gasteiger partial charge in [-0.3, -0.25) is 0 Å². The molecule has 2 atom stereocenters. The average molecular weight is 319 g/mol. The molecule has 2 unspecified atom stereocenters. The molecule has 1 aliphatic carbocycles. The topological polar surface area (TPSA) is 37.8 Å². The molecule has 0 radical (unpaired) electrons. The summed E-state index contributed by atoms with van der Waals surface area (Å²) in [7, 11) is 0. The van der Waals surface area contributed by atoms with Gasteiger partial charge in [-0.2, -0.15) is 13.2 Å². The van der Waals surface area contributed by atoms with Gasteiger partial charge in [0.25, 0.3) is 0 Å². The van der Waals surface area contributed by atoms with Crippen LogP contribution in [0.3, 0.4) is 0 Å². The van der Waals surface area contributed by atoms with Crippen molar-refractivity contribution in [2.24, 2.45) is 5.92 Å². The van der Waals surface area contributed by atoms with Crippen LogP contribution in [0.4, 0.5) is 19.0 Å². The van der Waals surface area contributed by atoms with E-state index in [0.717, 1.165) is 19.3 Å². The Labute approximate surface area is 127 Å². The highest BCUT2D eigenvalue weighted by molar-refractivity contribution is 7.99. The van der Waals surface area contributed by atoms with Gasteiger partial charge in [0.2, 0.25) is 5.82 Å². The third-order valence-corrected chi connectivity index (χ3v) is 4.70. The van der Waals surface area contributed by atoms with Gasteiger partial charge in [0.1, 0.15) is 10.8 Å². The van der Waals surface area contributed by atoms with E-state index >= 15 is 0 Å². The fraction of sp³-hybridized carbons (Fsp3) is 0.714. The first-order chi connectivity index (χ1) is 9.88. The quantitative estimate of drug-likeness (QED) is 0.823. The first kappa shape index (κ1) is 16.4. The zero-order valence-corrected chi connectivity index (χ0v) is 13.0. The average Bonchev–Trinajstić information content (AvgIpc) is 2.37. The maximum Gasteiger partial charge on any atom is 0.451 e. The number of halogens is 3. The van der Waals surface area contributed by atoms with Crippen molar-refractivity contribution in [3.05, 3.63) is 11.9 Å². The Bertz CT molecular complexity index is 479. The summed E-state index contributed by atoms with van der Waals surface area (Å²) in [4.78, 5) is 7.23. The van der Waals surface area contributed by atoms with Crippen molar-refractivity contribution in [3.8, 4) is 0 Å². The fourth-order valence-electron chi connectivity index (χ4n) is 2.54.